The molecule has 16 heavy (non-hydrogen) atoms. The number of hydrogen-bond acceptors (Lipinski definition) is 4. The Morgan fingerprint density at radius 3 is 2.94 bits per heavy atom. The summed E-state index contributed by atoms with van der Waals surface area (Å²) in [4.78, 5) is 5.64. The lowest BCUT2D eigenvalue weighted by Crippen LogP contribution is -2.22. The summed E-state index contributed by atoms with van der Waals surface area (Å²) >= 11 is 1.74. The zero-order valence-electron chi connectivity index (χ0n) is 9.36. The molecule has 3 nitrogen and oxygen atoms in total. The molecule has 3 N–H and O–H groups in total. The lowest BCUT2D eigenvalue weighted by Gasteiger charge is -2.06. The second-order valence-corrected chi connectivity index (χ2v) is 4.86. The third-order valence-electron chi connectivity index (χ3n) is 2.49. The molecule has 2 aromatic heterocycles. The summed E-state index contributed by atoms with van der Waals surface area (Å²) in [6.07, 6.45) is 2.78. The fraction of sp³-hybridized carbons (Fsp3) is 0.364. The molecule has 0 saturated carbocycles. The Morgan fingerprint density at radius 2 is 2.31 bits per heavy atom. The molecule has 0 radical (unpaired) electrons. The number of nitrogens with one attached hydrogen (secondary N) is 1. The molecule has 0 aliphatic heterocycles. The van der Waals surface area contributed by atoms with E-state index < -0.39 is 0 Å². The molecule has 0 aliphatic carbocycles. The van der Waals surface area contributed by atoms with E-state index in [-0.39, 0.29) is 12.4 Å². The van der Waals surface area contributed by atoms with Crippen LogP contribution in [0.4, 0.5) is 5.69 Å². The Hall–Kier alpha value is -0.840. The number of nitrogens with two attached hydrogens (primary N) is 1. The molecule has 0 spiro atoms. The minimum atomic E-state index is 0. The number of nitrogen functional groups attached to an aromatic ring is 1. The lowest BCUT2D eigenvalue weighted by atomic mass is 10.2. The van der Waals surface area contributed by atoms with E-state index in [0.29, 0.717) is 6.04 Å². The molecular weight excluding hydrogens is 242 g/mol. The average molecular weight is 258 g/mol. The van der Waals surface area contributed by atoms with Crippen molar-refractivity contribution in [3.8, 4) is 0 Å². The number of pyridine rings is 1. The Morgan fingerprint density at radius 1 is 1.56 bits per heavy atom. The van der Waals surface area contributed by atoms with Gasteiger partial charge in [-0.1, -0.05) is 0 Å². The minimum Gasteiger partial charge on any atom is -0.397 e. The molecule has 0 amide bonds. The SMILES string of the molecule is CN[C@@H](C)Cc1cc2nccc(N)c2s1.Cl. The summed E-state index contributed by atoms with van der Waals surface area (Å²) in [7, 11) is 1.98. The van der Waals surface area contributed by atoms with Crippen molar-refractivity contribution in [3.05, 3.63) is 23.2 Å². The molecule has 88 valence electrons. The highest BCUT2D eigenvalue weighted by molar-refractivity contribution is 7.19. The van der Waals surface area contributed by atoms with Crippen molar-refractivity contribution in [1.29, 1.82) is 0 Å². The van der Waals surface area contributed by atoms with Crippen LogP contribution in [-0.2, 0) is 6.42 Å². The summed E-state index contributed by atoms with van der Waals surface area (Å²) in [5.74, 6) is 0. The van der Waals surface area contributed by atoms with Crippen LogP contribution < -0.4 is 11.1 Å². The van der Waals surface area contributed by atoms with Gasteiger partial charge in [0.2, 0.25) is 0 Å². The Kier molecular flexibility index (Phi) is 4.53. The molecule has 0 saturated heterocycles. The molecule has 0 aliphatic rings. The number of hydrogen-bond donors (Lipinski definition) is 2. The summed E-state index contributed by atoms with van der Waals surface area (Å²) in [6.45, 7) is 2.17. The maximum Gasteiger partial charge on any atom is 0.0833 e. The Balaban J connectivity index is 0.00000128. The maximum atomic E-state index is 5.89. The molecule has 2 rings (SSSR count). The van der Waals surface area contributed by atoms with E-state index in [1.165, 1.54) is 4.88 Å². The molecular formula is C11H16ClN3S. The second-order valence-electron chi connectivity index (χ2n) is 3.72. The molecule has 5 heteroatoms. The molecule has 0 unspecified atom stereocenters. The van der Waals surface area contributed by atoms with Gasteiger partial charge in [-0.3, -0.25) is 4.98 Å². The number of thiophene rings is 1. The average Bonchev–Trinajstić information content (AvgIpc) is 2.62. The van der Waals surface area contributed by atoms with Gasteiger partial charge in [0.25, 0.3) is 0 Å². The first kappa shape index (κ1) is 13.2. The van der Waals surface area contributed by atoms with Gasteiger partial charge in [-0.05, 0) is 32.5 Å². The fourth-order valence-corrected chi connectivity index (χ4v) is 2.68. The van der Waals surface area contributed by atoms with Crippen molar-refractivity contribution in [2.45, 2.75) is 19.4 Å². The van der Waals surface area contributed by atoms with Crippen LogP contribution in [0.1, 0.15) is 11.8 Å². The van der Waals surface area contributed by atoms with Crippen LogP contribution in [0.25, 0.3) is 10.2 Å². The van der Waals surface area contributed by atoms with Crippen molar-refractivity contribution in [1.82, 2.24) is 10.3 Å². The van der Waals surface area contributed by atoms with Gasteiger partial charge < -0.3 is 11.1 Å². The third-order valence-corrected chi connectivity index (χ3v) is 3.69. The summed E-state index contributed by atoms with van der Waals surface area (Å²) in [6, 6.07) is 4.47. The van der Waals surface area contributed by atoms with Gasteiger partial charge in [0.05, 0.1) is 15.9 Å². The van der Waals surface area contributed by atoms with Crippen LogP contribution in [0, 0.1) is 0 Å². The highest BCUT2D eigenvalue weighted by atomic mass is 35.5. The standard InChI is InChI=1S/C11H15N3S.ClH/c1-7(13-2)5-8-6-10-11(15-8)9(12)3-4-14-10;/h3-4,6-7,13H,5H2,1-2H3,(H2,12,14);1H/t7-;/m0./s1. The van der Waals surface area contributed by atoms with Crippen molar-refractivity contribution in [3.63, 3.8) is 0 Å². The first-order valence-electron chi connectivity index (χ1n) is 5.01. The van der Waals surface area contributed by atoms with E-state index in [2.05, 4.69) is 23.3 Å². The lowest BCUT2D eigenvalue weighted by molar-refractivity contribution is 0.613. The number of halogens is 1. The highest BCUT2D eigenvalue weighted by Crippen LogP contribution is 2.29. The smallest absolute Gasteiger partial charge is 0.0833 e. The monoisotopic (exact) mass is 257 g/mol. The minimum absolute atomic E-state index is 0. The predicted molar refractivity (Wildman–Crippen MR) is 73.5 cm³/mol. The third kappa shape index (κ3) is 2.64. The topological polar surface area (TPSA) is 50.9 Å². The van der Waals surface area contributed by atoms with Crippen LogP contribution >= 0.6 is 23.7 Å². The first-order valence-corrected chi connectivity index (χ1v) is 5.82. The van der Waals surface area contributed by atoms with Crippen LogP contribution in [-0.4, -0.2) is 18.1 Å². The fourth-order valence-electron chi connectivity index (χ4n) is 1.51. The summed E-state index contributed by atoms with van der Waals surface area (Å²) in [5, 5.41) is 3.23. The zero-order chi connectivity index (χ0) is 10.8. The number of nitrogens with zero attached hydrogens (tertiary/aromatic N) is 1. The predicted octanol–water partition coefficient (Wildman–Crippen LogP) is 2.45. The van der Waals surface area contributed by atoms with Gasteiger partial charge >= 0.3 is 0 Å². The number of anilines is 1. The molecule has 0 fully saturated rings. The van der Waals surface area contributed by atoms with Crippen LogP contribution in [0.5, 0.6) is 0 Å². The van der Waals surface area contributed by atoms with Gasteiger partial charge in [0.15, 0.2) is 0 Å². The summed E-state index contributed by atoms with van der Waals surface area (Å²) in [5.41, 5.74) is 7.73. The number of fused-ring (bicyclic) bond motifs is 1. The van der Waals surface area contributed by atoms with Crippen molar-refractivity contribution < 1.29 is 0 Å². The van der Waals surface area contributed by atoms with Crippen LogP contribution in [0.3, 0.4) is 0 Å². The molecule has 2 heterocycles. The van der Waals surface area contributed by atoms with E-state index in [9.17, 15) is 0 Å². The Bertz CT molecular complexity index is 469. The molecule has 0 bridgehead atoms. The largest absolute Gasteiger partial charge is 0.397 e. The molecule has 2 aromatic rings. The first-order chi connectivity index (χ1) is 7.20. The summed E-state index contributed by atoms with van der Waals surface area (Å²) < 4.78 is 1.11. The van der Waals surface area contributed by atoms with E-state index >= 15 is 0 Å². The Labute approximate surface area is 105 Å². The molecule has 0 aromatic carbocycles. The molecule has 1 atom stereocenters. The van der Waals surface area contributed by atoms with Crippen molar-refractivity contribution >= 4 is 39.6 Å². The van der Waals surface area contributed by atoms with Gasteiger partial charge in [0.1, 0.15) is 0 Å². The quantitative estimate of drug-likeness (QED) is 0.888. The second kappa shape index (κ2) is 5.48. The van der Waals surface area contributed by atoms with Gasteiger partial charge in [-0.25, -0.2) is 0 Å². The number of likely N-dealkylation sites (N-methyl/N-ethyl adjacent to an activating group) is 1. The van der Waals surface area contributed by atoms with Crippen molar-refractivity contribution in [2.75, 3.05) is 12.8 Å². The van der Waals surface area contributed by atoms with E-state index in [1.54, 1.807) is 17.5 Å². The van der Waals surface area contributed by atoms with Gasteiger partial charge in [-0.15, -0.1) is 23.7 Å². The van der Waals surface area contributed by atoms with Crippen LogP contribution in [0.15, 0.2) is 18.3 Å². The maximum absolute atomic E-state index is 5.89. The van der Waals surface area contributed by atoms with E-state index in [1.807, 2.05) is 13.1 Å². The van der Waals surface area contributed by atoms with E-state index in [4.69, 9.17) is 5.73 Å². The number of aromatic nitrogens is 1. The number of rotatable bonds is 3. The van der Waals surface area contributed by atoms with Crippen LogP contribution in [0.2, 0.25) is 0 Å². The van der Waals surface area contributed by atoms with Crippen molar-refractivity contribution in [2.24, 2.45) is 0 Å². The van der Waals surface area contributed by atoms with Gasteiger partial charge in [0, 0.05) is 17.1 Å². The normalized spacial score (nSPS) is 12.4. The van der Waals surface area contributed by atoms with Gasteiger partial charge in [-0.2, -0.15) is 0 Å². The van der Waals surface area contributed by atoms with E-state index in [0.717, 1.165) is 22.3 Å². The zero-order valence-corrected chi connectivity index (χ0v) is 11.0. The highest BCUT2D eigenvalue weighted by Gasteiger charge is 2.07.